The van der Waals surface area contributed by atoms with E-state index in [2.05, 4.69) is 10.6 Å². The zero-order valence-electron chi connectivity index (χ0n) is 17.2. The molecule has 7 nitrogen and oxygen atoms in total. The van der Waals surface area contributed by atoms with E-state index in [0.717, 1.165) is 0 Å². The normalized spacial score (nSPS) is 15.8. The molecule has 1 aliphatic heterocycles. The number of hydrogen-bond donors (Lipinski definition) is 2. The molecular formula is C20H26F3N3O4. The number of benzene rings is 1. The van der Waals surface area contributed by atoms with Crippen LogP contribution < -0.4 is 10.6 Å². The van der Waals surface area contributed by atoms with Gasteiger partial charge in [-0.25, -0.2) is 18.0 Å². The third-order valence-corrected chi connectivity index (χ3v) is 4.31. The lowest BCUT2D eigenvalue weighted by Crippen LogP contribution is -2.45. The summed E-state index contributed by atoms with van der Waals surface area (Å²) in [4.78, 5) is 37.9. The second kappa shape index (κ2) is 9.82. The van der Waals surface area contributed by atoms with E-state index in [1.807, 2.05) is 0 Å². The van der Waals surface area contributed by atoms with Crippen molar-refractivity contribution in [3.05, 3.63) is 35.1 Å². The van der Waals surface area contributed by atoms with E-state index in [4.69, 9.17) is 4.74 Å². The van der Waals surface area contributed by atoms with Crippen molar-refractivity contribution in [1.82, 2.24) is 15.5 Å². The van der Waals surface area contributed by atoms with Gasteiger partial charge in [0.1, 0.15) is 11.4 Å². The number of carbonyl (C=O) groups is 3. The highest BCUT2D eigenvalue weighted by atomic mass is 19.2. The minimum absolute atomic E-state index is 0.127. The van der Waals surface area contributed by atoms with Crippen LogP contribution in [0.1, 0.15) is 39.2 Å². The lowest BCUT2D eigenvalue weighted by atomic mass is 10.0. The average molecular weight is 429 g/mol. The maximum Gasteiger partial charge on any atom is 0.407 e. The highest BCUT2D eigenvalue weighted by Crippen LogP contribution is 2.17. The Morgan fingerprint density at radius 2 is 1.87 bits per heavy atom. The van der Waals surface area contributed by atoms with Crippen molar-refractivity contribution in [3.63, 3.8) is 0 Å². The van der Waals surface area contributed by atoms with Crippen LogP contribution in [-0.2, 0) is 20.7 Å². The quantitative estimate of drug-likeness (QED) is 0.703. The zero-order valence-corrected chi connectivity index (χ0v) is 17.2. The van der Waals surface area contributed by atoms with E-state index in [9.17, 15) is 27.6 Å². The Kier molecular flexibility index (Phi) is 7.69. The highest BCUT2D eigenvalue weighted by Gasteiger charge is 2.27. The molecule has 0 spiro atoms. The van der Waals surface area contributed by atoms with Crippen molar-refractivity contribution in [2.24, 2.45) is 0 Å². The monoisotopic (exact) mass is 429 g/mol. The van der Waals surface area contributed by atoms with E-state index in [0.29, 0.717) is 31.6 Å². The van der Waals surface area contributed by atoms with Gasteiger partial charge >= 0.3 is 6.09 Å². The summed E-state index contributed by atoms with van der Waals surface area (Å²) in [7, 11) is 0. The van der Waals surface area contributed by atoms with Gasteiger partial charge in [0.2, 0.25) is 11.8 Å². The van der Waals surface area contributed by atoms with Crippen LogP contribution in [0.4, 0.5) is 18.0 Å². The molecule has 0 aromatic heterocycles. The van der Waals surface area contributed by atoms with Gasteiger partial charge in [-0.3, -0.25) is 9.59 Å². The van der Waals surface area contributed by atoms with Gasteiger partial charge in [0.25, 0.3) is 0 Å². The number of alkyl carbamates (subject to hydrolysis) is 1. The number of halogens is 3. The molecule has 0 bridgehead atoms. The molecule has 0 radical (unpaired) electrons. The molecule has 1 atom stereocenters. The fourth-order valence-corrected chi connectivity index (χ4v) is 2.99. The van der Waals surface area contributed by atoms with Crippen molar-refractivity contribution in [2.75, 3.05) is 19.6 Å². The molecule has 2 rings (SSSR count). The molecule has 10 heteroatoms. The summed E-state index contributed by atoms with van der Waals surface area (Å²) in [6.07, 6.45) is -0.810. The third-order valence-electron chi connectivity index (χ3n) is 4.31. The summed E-state index contributed by atoms with van der Waals surface area (Å²) in [5.74, 6) is -4.30. The number of carbonyl (C=O) groups excluding carboxylic acids is 3. The van der Waals surface area contributed by atoms with Gasteiger partial charge in [0.05, 0.1) is 6.54 Å². The van der Waals surface area contributed by atoms with Crippen molar-refractivity contribution < 1.29 is 32.3 Å². The fourth-order valence-electron chi connectivity index (χ4n) is 2.99. The molecular weight excluding hydrogens is 403 g/mol. The minimum atomic E-state index is -1.33. The van der Waals surface area contributed by atoms with Crippen molar-refractivity contribution in [1.29, 1.82) is 0 Å². The largest absolute Gasteiger partial charge is 0.444 e. The molecule has 166 valence electrons. The van der Waals surface area contributed by atoms with Gasteiger partial charge in [0.15, 0.2) is 11.6 Å². The third kappa shape index (κ3) is 7.23. The first-order valence-corrected chi connectivity index (χ1v) is 9.62. The van der Waals surface area contributed by atoms with Gasteiger partial charge in [-0.2, -0.15) is 0 Å². The topological polar surface area (TPSA) is 87.7 Å². The fraction of sp³-hybridized carbons (Fsp3) is 0.550. The molecule has 1 saturated heterocycles. The smallest absolute Gasteiger partial charge is 0.407 e. The average Bonchev–Trinajstić information content (AvgIpc) is 2.82. The summed E-state index contributed by atoms with van der Waals surface area (Å²) in [5, 5.41) is 5.14. The molecule has 0 saturated carbocycles. The van der Waals surface area contributed by atoms with Crippen LogP contribution in [0.15, 0.2) is 12.1 Å². The van der Waals surface area contributed by atoms with Crippen molar-refractivity contribution in [2.45, 2.75) is 51.7 Å². The minimum Gasteiger partial charge on any atom is -0.444 e. The summed E-state index contributed by atoms with van der Waals surface area (Å²) < 4.78 is 46.1. The molecule has 1 heterocycles. The molecule has 0 aliphatic carbocycles. The van der Waals surface area contributed by atoms with Gasteiger partial charge < -0.3 is 20.3 Å². The van der Waals surface area contributed by atoms with Crippen molar-refractivity contribution in [3.8, 4) is 0 Å². The lowest BCUT2D eigenvalue weighted by molar-refractivity contribution is -0.135. The standard InChI is InChI=1S/C20H26F3N3O4/c1-20(2,3)30-19(29)25-13(7-12-8-15(22)16(23)10-14(12)21)9-18(28)26-6-4-5-24-17(27)11-26/h8,10,13H,4-7,9,11H2,1-3H3,(H,24,27)(H,25,29)/t13-/m1/s1. The summed E-state index contributed by atoms with van der Waals surface area (Å²) in [6, 6.07) is 0.145. The van der Waals surface area contributed by atoms with Crippen molar-refractivity contribution >= 4 is 17.9 Å². The highest BCUT2D eigenvalue weighted by molar-refractivity contribution is 5.85. The Morgan fingerprint density at radius 1 is 1.20 bits per heavy atom. The van der Waals surface area contributed by atoms with Crippen LogP contribution in [0.3, 0.4) is 0 Å². The van der Waals surface area contributed by atoms with E-state index in [1.165, 1.54) is 4.90 Å². The maximum atomic E-state index is 14.1. The molecule has 1 aromatic carbocycles. The first-order valence-electron chi connectivity index (χ1n) is 9.62. The number of nitrogens with one attached hydrogen (secondary N) is 2. The maximum absolute atomic E-state index is 14.1. The lowest BCUT2D eigenvalue weighted by Gasteiger charge is -2.26. The van der Waals surface area contributed by atoms with Gasteiger partial charge in [-0.05, 0) is 45.2 Å². The number of amides is 3. The molecule has 3 amide bonds. The van der Waals surface area contributed by atoms with Crippen LogP contribution in [-0.4, -0.2) is 54.1 Å². The number of ether oxygens (including phenoxy) is 1. The summed E-state index contributed by atoms with van der Waals surface area (Å²) in [5.41, 5.74) is -1.01. The first-order chi connectivity index (χ1) is 13.9. The second-order valence-electron chi connectivity index (χ2n) is 8.13. The number of nitrogens with zero attached hydrogens (tertiary/aromatic N) is 1. The Bertz CT molecular complexity index is 811. The molecule has 1 aromatic rings. The van der Waals surface area contributed by atoms with Gasteiger partial charge in [0, 0.05) is 31.6 Å². The Morgan fingerprint density at radius 3 is 2.53 bits per heavy atom. The molecule has 2 N–H and O–H groups in total. The zero-order chi connectivity index (χ0) is 22.5. The van der Waals surface area contributed by atoms with Crippen LogP contribution in [0, 0.1) is 17.5 Å². The Hall–Kier alpha value is -2.78. The van der Waals surface area contributed by atoms with E-state index >= 15 is 0 Å². The van der Waals surface area contributed by atoms with Crippen LogP contribution in [0.25, 0.3) is 0 Å². The first kappa shape index (κ1) is 23.5. The van der Waals surface area contributed by atoms with E-state index in [-0.39, 0.29) is 30.9 Å². The summed E-state index contributed by atoms with van der Waals surface area (Å²) >= 11 is 0. The van der Waals surface area contributed by atoms with E-state index in [1.54, 1.807) is 20.8 Å². The van der Waals surface area contributed by atoms with Crippen LogP contribution in [0.2, 0.25) is 0 Å². The Balaban J connectivity index is 2.17. The van der Waals surface area contributed by atoms with Gasteiger partial charge in [-0.15, -0.1) is 0 Å². The molecule has 1 aliphatic rings. The predicted octanol–water partition coefficient (Wildman–Crippen LogP) is 2.28. The van der Waals surface area contributed by atoms with E-state index < -0.39 is 41.1 Å². The predicted molar refractivity (Wildman–Crippen MR) is 102 cm³/mol. The second-order valence-corrected chi connectivity index (χ2v) is 8.13. The Labute approximate surface area is 172 Å². The van der Waals surface area contributed by atoms with Gasteiger partial charge in [-0.1, -0.05) is 0 Å². The summed E-state index contributed by atoms with van der Waals surface area (Å²) in [6.45, 7) is 5.61. The van der Waals surface area contributed by atoms with Crippen LogP contribution >= 0.6 is 0 Å². The number of hydrogen-bond acceptors (Lipinski definition) is 4. The van der Waals surface area contributed by atoms with Crippen LogP contribution in [0.5, 0.6) is 0 Å². The SMILES string of the molecule is CC(C)(C)OC(=O)N[C@@H](CC(=O)N1CCCNC(=O)C1)Cc1cc(F)c(F)cc1F. The molecule has 1 fully saturated rings. The number of rotatable bonds is 5. The molecule has 30 heavy (non-hydrogen) atoms. The molecule has 0 unspecified atom stereocenters.